The molecule has 2 heterocycles. The summed E-state index contributed by atoms with van der Waals surface area (Å²) in [6.45, 7) is 2.15. The Morgan fingerprint density at radius 2 is 2.04 bits per heavy atom. The lowest BCUT2D eigenvalue weighted by Gasteiger charge is -2.10. The van der Waals surface area contributed by atoms with Gasteiger partial charge in [-0.15, -0.1) is 0 Å². The molecular weight excluding hydrogens is 288 g/mol. The van der Waals surface area contributed by atoms with Gasteiger partial charge in [0.05, 0.1) is 12.7 Å². The lowest BCUT2D eigenvalue weighted by Crippen LogP contribution is -2.03. The summed E-state index contributed by atoms with van der Waals surface area (Å²) in [7, 11) is 1.64. The molecule has 4 rings (SSSR count). The molecule has 0 spiro atoms. The van der Waals surface area contributed by atoms with Crippen molar-refractivity contribution in [1.82, 2.24) is 4.98 Å². The molecule has 0 bridgehead atoms. The van der Waals surface area contributed by atoms with Gasteiger partial charge in [-0.3, -0.25) is 4.79 Å². The molecule has 1 amide bonds. The number of ether oxygens (including phenoxy) is 1. The Labute approximate surface area is 135 Å². The van der Waals surface area contributed by atoms with Crippen LogP contribution in [0.25, 0.3) is 11.6 Å². The molecule has 0 fully saturated rings. The van der Waals surface area contributed by atoms with Gasteiger partial charge in [0.2, 0.25) is 0 Å². The van der Waals surface area contributed by atoms with Gasteiger partial charge >= 0.3 is 0 Å². The minimum atomic E-state index is -0.0553. The number of hydrogen-bond donors (Lipinski definition) is 2. The fraction of sp³-hybridized carbons (Fsp3) is 0.316. The van der Waals surface area contributed by atoms with E-state index in [9.17, 15) is 4.79 Å². The van der Waals surface area contributed by atoms with Crippen molar-refractivity contribution in [2.45, 2.75) is 32.6 Å². The average Bonchev–Trinajstić information content (AvgIpc) is 3.05. The number of benzene rings is 1. The summed E-state index contributed by atoms with van der Waals surface area (Å²) in [5, 5.41) is 2.92. The van der Waals surface area contributed by atoms with Crippen LogP contribution in [0.2, 0.25) is 0 Å². The Balaban J connectivity index is 1.81. The molecule has 0 saturated carbocycles. The molecule has 1 aliphatic heterocycles. The van der Waals surface area contributed by atoms with E-state index in [4.69, 9.17) is 4.74 Å². The normalized spacial score (nSPS) is 17.8. The molecule has 2 aromatic rings. The van der Waals surface area contributed by atoms with E-state index in [2.05, 4.69) is 17.2 Å². The number of fused-ring (bicyclic) bond motifs is 2. The zero-order valence-corrected chi connectivity index (χ0v) is 13.5. The Hall–Kier alpha value is -2.49. The average molecular weight is 308 g/mol. The maximum absolute atomic E-state index is 12.4. The Morgan fingerprint density at radius 1 is 1.22 bits per heavy atom. The summed E-state index contributed by atoms with van der Waals surface area (Å²) < 4.78 is 5.29. The summed E-state index contributed by atoms with van der Waals surface area (Å²) >= 11 is 0. The third kappa shape index (κ3) is 2.25. The fourth-order valence-corrected chi connectivity index (χ4v) is 3.60. The van der Waals surface area contributed by atoms with Crippen LogP contribution in [0.4, 0.5) is 5.69 Å². The van der Waals surface area contributed by atoms with Gasteiger partial charge in [-0.1, -0.05) is 0 Å². The summed E-state index contributed by atoms with van der Waals surface area (Å²) in [6, 6.07) is 5.66. The van der Waals surface area contributed by atoms with Crippen molar-refractivity contribution in [2.24, 2.45) is 0 Å². The summed E-state index contributed by atoms with van der Waals surface area (Å²) in [4.78, 5) is 15.9. The van der Waals surface area contributed by atoms with E-state index in [0.717, 1.165) is 35.5 Å². The standard InChI is InChI=1S/C19H20N2O2/c1-11-13-5-3-4-6-16(13)20-18(11)10-15-14-9-12(23-2)7-8-17(14)21-19(15)22/h7-10,20H,3-6H2,1-2H3,(H,21,22). The van der Waals surface area contributed by atoms with Gasteiger partial charge in [-0.2, -0.15) is 0 Å². The second-order valence-electron chi connectivity index (χ2n) is 6.25. The Bertz CT molecular complexity index is 830. The number of aryl methyl sites for hydroxylation is 1. The van der Waals surface area contributed by atoms with Crippen LogP contribution in [0.5, 0.6) is 5.75 Å². The van der Waals surface area contributed by atoms with Crippen LogP contribution in [0.15, 0.2) is 18.2 Å². The second kappa shape index (κ2) is 5.30. The van der Waals surface area contributed by atoms with Crippen LogP contribution >= 0.6 is 0 Å². The highest BCUT2D eigenvalue weighted by Gasteiger charge is 2.26. The number of H-pyrrole nitrogens is 1. The smallest absolute Gasteiger partial charge is 0.256 e. The van der Waals surface area contributed by atoms with Gasteiger partial charge in [-0.05, 0) is 68.0 Å². The molecule has 118 valence electrons. The highest BCUT2D eigenvalue weighted by atomic mass is 16.5. The van der Waals surface area contributed by atoms with Crippen molar-refractivity contribution < 1.29 is 9.53 Å². The maximum Gasteiger partial charge on any atom is 0.256 e. The summed E-state index contributed by atoms with van der Waals surface area (Å²) in [5.41, 5.74) is 7.55. The highest BCUT2D eigenvalue weighted by molar-refractivity contribution is 6.35. The first-order chi connectivity index (χ1) is 11.2. The van der Waals surface area contributed by atoms with Crippen molar-refractivity contribution in [2.75, 3.05) is 12.4 Å². The van der Waals surface area contributed by atoms with Gasteiger partial charge in [0.1, 0.15) is 5.75 Å². The van der Waals surface area contributed by atoms with E-state index in [0.29, 0.717) is 5.57 Å². The topological polar surface area (TPSA) is 54.1 Å². The highest BCUT2D eigenvalue weighted by Crippen LogP contribution is 2.36. The van der Waals surface area contributed by atoms with Crippen molar-refractivity contribution in [3.05, 3.63) is 46.3 Å². The van der Waals surface area contributed by atoms with Crippen molar-refractivity contribution in [1.29, 1.82) is 0 Å². The number of methoxy groups -OCH3 is 1. The van der Waals surface area contributed by atoms with E-state index in [1.807, 2.05) is 24.3 Å². The van der Waals surface area contributed by atoms with Crippen LogP contribution < -0.4 is 10.1 Å². The number of nitrogens with one attached hydrogen (secondary N) is 2. The van der Waals surface area contributed by atoms with E-state index in [1.54, 1.807) is 7.11 Å². The molecule has 0 radical (unpaired) electrons. The predicted octanol–water partition coefficient (Wildman–Crippen LogP) is 3.70. The van der Waals surface area contributed by atoms with Gasteiger partial charge in [-0.25, -0.2) is 0 Å². The monoisotopic (exact) mass is 308 g/mol. The number of hydrogen-bond acceptors (Lipinski definition) is 2. The minimum absolute atomic E-state index is 0.0553. The first-order valence-electron chi connectivity index (χ1n) is 8.09. The van der Waals surface area contributed by atoms with Gasteiger partial charge < -0.3 is 15.0 Å². The lowest BCUT2D eigenvalue weighted by molar-refractivity contribution is -0.110. The van der Waals surface area contributed by atoms with Crippen molar-refractivity contribution >= 4 is 23.2 Å². The number of amides is 1. The fourth-order valence-electron chi connectivity index (χ4n) is 3.60. The Morgan fingerprint density at radius 3 is 2.83 bits per heavy atom. The van der Waals surface area contributed by atoms with E-state index in [1.165, 1.54) is 29.7 Å². The molecule has 2 N–H and O–H groups in total. The second-order valence-corrected chi connectivity index (χ2v) is 6.25. The summed E-state index contributed by atoms with van der Waals surface area (Å²) in [6.07, 6.45) is 6.72. The molecule has 1 aliphatic carbocycles. The molecule has 4 heteroatoms. The number of anilines is 1. The third-order valence-corrected chi connectivity index (χ3v) is 4.91. The zero-order valence-electron chi connectivity index (χ0n) is 13.5. The van der Waals surface area contributed by atoms with E-state index >= 15 is 0 Å². The first-order valence-corrected chi connectivity index (χ1v) is 8.09. The SMILES string of the molecule is COc1ccc2c(c1)C(=Cc1[nH]c3c(c1C)CCCC3)C(=O)N2. The van der Waals surface area contributed by atoms with Crippen LogP contribution in [0.1, 0.15) is 40.9 Å². The minimum Gasteiger partial charge on any atom is -0.497 e. The van der Waals surface area contributed by atoms with Gasteiger partial charge in [0.25, 0.3) is 5.91 Å². The first kappa shape index (κ1) is 14.1. The van der Waals surface area contributed by atoms with E-state index < -0.39 is 0 Å². The maximum atomic E-state index is 12.4. The zero-order chi connectivity index (χ0) is 16.0. The molecule has 1 aromatic carbocycles. The van der Waals surface area contributed by atoms with Crippen LogP contribution in [0, 0.1) is 6.92 Å². The molecule has 0 saturated heterocycles. The van der Waals surface area contributed by atoms with Crippen LogP contribution in [-0.4, -0.2) is 18.0 Å². The third-order valence-electron chi connectivity index (χ3n) is 4.91. The molecule has 0 unspecified atom stereocenters. The van der Waals surface area contributed by atoms with Crippen LogP contribution in [-0.2, 0) is 17.6 Å². The molecular formula is C19H20N2O2. The number of carbonyl (C=O) groups is 1. The largest absolute Gasteiger partial charge is 0.497 e. The molecule has 0 atom stereocenters. The number of aromatic amines is 1. The number of carbonyl (C=O) groups excluding carboxylic acids is 1. The van der Waals surface area contributed by atoms with Gasteiger partial charge in [0, 0.05) is 22.6 Å². The van der Waals surface area contributed by atoms with Crippen molar-refractivity contribution in [3.8, 4) is 5.75 Å². The molecule has 4 nitrogen and oxygen atoms in total. The van der Waals surface area contributed by atoms with E-state index in [-0.39, 0.29) is 5.91 Å². The van der Waals surface area contributed by atoms with Crippen LogP contribution in [0.3, 0.4) is 0 Å². The molecule has 1 aromatic heterocycles. The van der Waals surface area contributed by atoms with Gasteiger partial charge in [0.15, 0.2) is 0 Å². The lowest BCUT2D eigenvalue weighted by atomic mass is 9.95. The number of rotatable bonds is 2. The Kier molecular flexibility index (Phi) is 3.26. The van der Waals surface area contributed by atoms with Crippen molar-refractivity contribution in [3.63, 3.8) is 0 Å². The molecule has 2 aliphatic rings. The molecule has 23 heavy (non-hydrogen) atoms. The quantitative estimate of drug-likeness (QED) is 0.831. The number of aromatic nitrogens is 1. The predicted molar refractivity (Wildman–Crippen MR) is 91.7 cm³/mol. The summed E-state index contributed by atoms with van der Waals surface area (Å²) in [5.74, 6) is 0.703.